The number of halogens is 5. The van der Waals surface area contributed by atoms with Gasteiger partial charge in [0.1, 0.15) is 85.6 Å². The minimum Gasteiger partial charge on any atom is -0.507 e. The smallest absolute Gasteiger partial charge is 0.320 e. The van der Waals surface area contributed by atoms with Crippen molar-refractivity contribution >= 4 is 109 Å². The number of carbonyl (C=O) groups is 6. The second kappa shape index (κ2) is 56.6. The molecular formula is C104H117BrCl4N16O16. The van der Waals surface area contributed by atoms with Gasteiger partial charge in [-0.25, -0.2) is 11.7 Å². The molecule has 0 saturated carbocycles. The van der Waals surface area contributed by atoms with Gasteiger partial charge in [0.05, 0.1) is 103 Å². The van der Waals surface area contributed by atoms with Crippen molar-refractivity contribution in [3.8, 4) is 68.5 Å². The van der Waals surface area contributed by atoms with Crippen molar-refractivity contribution in [1.29, 1.82) is 0 Å². The maximum Gasteiger partial charge on any atom is 0.320 e. The van der Waals surface area contributed by atoms with E-state index in [0.717, 1.165) is 126 Å². The van der Waals surface area contributed by atoms with Gasteiger partial charge in [-0.15, -0.1) is 0 Å². The number of amides is 2. The first-order chi connectivity index (χ1) is 68.6. The standard InChI is InChI=1S/C30H33ClN2O5.C29H31ClN6O3.C22H18BrClO3.C15H19ClN6O3.C8H16N2O2/c1-2-36-30(35)20-33-15-13-32(14-16-33)19-28(34)26-18-27(31)24(22-37-25-11-7-4-8-12-25)17-29(26)38-21-23-9-5-3-6-10-23;30-25-16-24(29-26(17-32-34-29)36-13-11-35(12-14-36)18-28(37)33-31)27(39-19-21-7-3-1-4-8-21)15-22(25)20-38-23-9-5-2-6-10-23;23-13-21(25)19-12-20(24)17(15-26-18-9-5-2-6-10-18)11-22(19)27-14-16-7-3-1-4-8-16;16-10-5-9(12(23)6-13(10)24)15-11(7-18-20-15)22-3-1-21(2-4-22)8-14(25)19-17;1-2-12-8(11)7-10-5-3-9-4-6-10/h3-12,17-18H,2,13-16,19-22H2,1H3;1-10,15-17H,11-14,18-20,31H2,(H,32,34)(H,33,37);1-12H,13-15H2;5-7,23-24H,1-4,8,17H2,(H,18,20)(H,19,25);9H,2-7H2,1H3. The summed E-state index contributed by atoms with van der Waals surface area (Å²) in [6.45, 7) is 20.2. The zero-order chi connectivity index (χ0) is 99.6. The van der Waals surface area contributed by atoms with Gasteiger partial charge in [0.2, 0.25) is 11.8 Å². The number of ether oxygens (including phenoxy) is 8. The van der Waals surface area contributed by atoms with Crippen LogP contribution >= 0.6 is 62.3 Å². The number of nitrogens with one attached hydrogen (secondary N) is 5. The molecule has 0 radical (unpaired) electrons. The molecular weight excluding hydrogens is 1950 g/mol. The lowest BCUT2D eigenvalue weighted by Gasteiger charge is -2.35. The normalized spacial score (nSPS) is 14.0. The molecule has 4 aliphatic rings. The van der Waals surface area contributed by atoms with E-state index in [1.54, 1.807) is 37.4 Å². The topological polar surface area (TPSA) is 385 Å². The third-order valence-electron chi connectivity index (χ3n) is 23.0. The highest BCUT2D eigenvalue weighted by Crippen LogP contribution is 2.43. The molecule has 4 fully saturated rings. The van der Waals surface area contributed by atoms with E-state index in [4.69, 9.17) is 96.0 Å². The highest BCUT2D eigenvalue weighted by molar-refractivity contribution is 9.09. The number of H-pyrrole nitrogens is 2. The highest BCUT2D eigenvalue weighted by atomic mass is 79.9. The van der Waals surface area contributed by atoms with Crippen molar-refractivity contribution in [2.24, 2.45) is 11.7 Å². The van der Waals surface area contributed by atoms with Crippen molar-refractivity contribution in [1.82, 2.24) is 61.1 Å². The molecule has 2 amide bonds. The number of hydrogen-bond donors (Lipinski definition) is 9. The summed E-state index contributed by atoms with van der Waals surface area (Å²) >= 11 is 29.0. The number of Topliss-reactive ketones (excluding diaryl/α,β-unsaturated/α-hetero) is 2. The summed E-state index contributed by atoms with van der Waals surface area (Å²) in [6.07, 6.45) is 3.50. The Morgan fingerprint density at radius 2 is 0.709 bits per heavy atom. The van der Waals surface area contributed by atoms with Crippen LogP contribution in [0.25, 0.3) is 22.5 Å². The molecule has 141 heavy (non-hydrogen) atoms. The Labute approximate surface area is 848 Å². The predicted molar refractivity (Wildman–Crippen MR) is 549 cm³/mol. The molecule has 16 rings (SSSR count). The molecule has 37 heteroatoms. The summed E-state index contributed by atoms with van der Waals surface area (Å²) in [4.78, 5) is 86.2. The zero-order valence-electron chi connectivity index (χ0n) is 78.5. The summed E-state index contributed by atoms with van der Waals surface area (Å²) < 4.78 is 46.0. The molecule has 6 heterocycles. The van der Waals surface area contributed by atoms with Crippen molar-refractivity contribution in [3.05, 3.63) is 308 Å². The Balaban J connectivity index is 0.000000164. The molecule has 11 N–H and O–H groups in total. The van der Waals surface area contributed by atoms with Gasteiger partial charge in [-0.3, -0.25) is 74.3 Å². The van der Waals surface area contributed by atoms with Gasteiger partial charge < -0.3 is 63.2 Å². The molecule has 4 aliphatic heterocycles. The molecule has 744 valence electrons. The Morgan fingerprint density at radius 3 is 1.10 bits per heavy atom. The number of esters is 2. The van der Waals surface area contributed by atoms with Crippen LogP contribution in [0.4, 0.5) is 11.4 Å². The molecule has 32 nitrogen and oxygen atoms in total. The lowest BCUT2D eigenvalue weighted by Crippen LogP contribution is -2.50. The number of piperazine rings is 4. The van der Waals surface area contributed by atoms with E-state index in [-0.39, 0.29) is 96.6 Å². The van der Waals surface area contributed by atoms with E-state index < -0.39 is 0 Å². The van der Waals surface area contributed by atoms with E-state index in [2.05, 4.69) is 77.0 Å². The molecule has 0 unspecified atom stereocenters. The lowest BCUT2D eigenvalue weighted by molar-refractivity contribution is -0.145. The lowest BCUT2D eigenvalue weighted by atomic mass is 10.1. The highest BCUT2D eigenvalue weighted by Gasteiger charge is 2.30. The van der Waals surface area contributed by atoms with Crippen LogP contribution in [0.5, 0.6) is 46.0 Å². The molecule has 0 atom stereocenters. The number of hydrazine groups is 2. The van der Waals surface area contributed by atoms with Gasteiger partial charge in [0, 0.05) is 154 Å². The number of ketones is 2. The van der Waals surface area contributed by atoms with Crippen LogP contribution in [0, 0.1) is 0 Å². The Bertz CT molecular complexity index is 5950. The van der Waals surface area contributed by atoms with Gasteiger partial charge in [0.15, 0.2) is 11.6 Å². The molecule has 0 spiro atoms. The van der Waals surface area contributed by atoms with Crippen LogP contribution < -0.4 is 66.1 Å². The van der Waals surface area contributed by atoms with E-state index >= 15 is 0 Å². The van der Waals surface area contributed by atoms with Gasteiger partial charge in [-0.1, -0.05) is 208 Å². The van der Waals surface area contributed by atoms with E-state index in [1.165, 1.54) is 12.1 Å². The number of aromatic amines is 2. The number of phenols is 2. The number of alkyl halides is 1. The Morgan fingerprint density at radius 1 is 0.376 bits per heavy atom. The van der Waals surface area contributed by atoms with Crippen LogP contribution in [0.2, 0.25) is 20.1 Å². The average molecular weight is 2070 g/mol. The summed E-state index contributed by atoms with van der Waals surface area (Å²) in [6, 6.07) is 71.7. The number of carbonyl (C=O) groups excluding carboxylic acids is 6. The third kappa shape index (κ3) is 33.7. The van der Waals surface area contributed by atoms with Gasteiger partial charge in [-0.05, 0) is 109 Å². The number of nitrogens with two attached hydrogens (primary N) is 2. The molecule has 2 aromatic heterocycles. The second-order valence-electron chi connectivity index (χ2n) is 32.9. The Hall–Kier alpha value is -12.8. The van der Waals surface area contributed by atoms with Gasteiger partial charge >= 0.3 is 11.9 Å². The predicted octanol–water partition coefficient (Wildman–Crippen LogP) is 14.6. The number of benzene rings is 10. The van der Waals surface area contributed by atoms with Crippen molar-refractivity contribution in [3.63, 3.8) is 0 Å². The van der Waals surface area contributed by atoms with Gasteiger partial charge in [0.25, 0.3) is 0 Å². The Kier molecular flexibility index (Phi) is 42.9. The molecule has 10 aromatic carbocycles. The quantitative estimate of drug-likeness (QED) is 0.00436. The van der Waals surface area contributed by atoms with Crippen LogP contribution in [0.3, 0.4) is 0 Å². The van der Waals surface area contributed by atoms with Crippen molar-refractivity contribution in [2.45, 2.75) is 53.5 Å². The van der Waals surface area contributed by atoms with Crippen LogP contribution in [0.1, 0.15) is 67.9 Å². The first kappa shape index (κ1) is 107. The minimum atomic E-state index is -0.221. The maximum atomic E-state index is 13.4. The number of aromatic hydroxyl groups is 2. The SMILES string of the molecule is CCOC(=O)CN1CCN(CC(=O)c2cc(Cl)c(COc3ccccc3)cc2OCc2ccccc2)CC1.CCOC(=O)CN1CCNCC1.NNC(=O)CN1CCN(c2cn[nH]c2-c2cc(Cl)c(COc3ccccc3)cc2OCc2ccccc2)CC1.NNC(=O)CN1CCN(c2cn[nH]c2-c2cc(Cl)c(O)cc2O)CC1.O=C(CBr)c1cc(Cl)c(COc2ccccc2)cc1OCc1ccccc1. The number of anilines is 2. The van der Waals surface area contributed by atoms with Crippen LogP contribution in [0.15, 0.2) is 243 Å². The van der Waals surface area contributed by atoms with Crippen molar-refractivity contribution < 1.29 is 76.9 Å². The number of hydrogen-bond acceptors (Lipinski definition) is 28. The second-order valence-corrected chi connectivity index (χ2v) is 35.0. The fourth-order valence-corrected chi connectivity index (χ4v) is 16.6. The number of nitrogens with zero attached hydrogens (tertiary/aromatic N) is 9. The molecule has 0 aliphatic carbocycles. The summed E-state index contributed by atoms with van der Waals surface area (Å²) in [5.41, 5.74) is 15.1. The largest absolute Gasteiger partial charge is 0.507 e. The van der Waals surface area contributed by atoms with E-state index in [9.17, 15) is 39.0 Å². The third-order valence-corrected chi connectivity index (χ3v) is 24.8. The first-order valence-corrected chi connectivity index (χ1v) is 48.8. The van der Waals surface area contributed by atoms with E-state index in [0.29, 0.717) is 153 Å². The zero-order valence-corrected chi connectivity index (χ0v) is 83.1. The van der Waals surface area contributed by atoms with Crippen molar-refractivity contribution in [2.75, 3.05) is 166 Å². The van der Waals surface area contributed by atoms with Crippen LogP contribution in [-0.2, 0) is 68.3 Å². The number of para-hydroxylation sites is 3. The minimum absolute atomic E-state index is 0.0654. The first-order valence-electron chi connectivity index (χ1n) is 46.2. The maximum absolute atomic E-state index is 13.4. The average Bonchev–Trinajstić information content (AvgIpc) is 1.71. The van der Waals surface area contributed by atoms with E-state index in [1.807, 2.05) is 217 Å². The van der Waals surface area contributed by atoms with Crippen LogP contribution in [-0.4, -0.2) is 246 Å². The summed E-state index contributed by atoms with van der Waals surface area (Å²) in [5, 5.41) is 39.2. The van der Waals surface area contributed by atoms with Gasteiger partial charge in [-0.2, -0.15) is 10.2 Å². The molecule has 12 aromatic rings. The fourth-order valence-electron chi connectivity index (χ4n) is 15.4. The monoisotopic (exact) mass is 2060 g/mol. The molecule has 4 saturated heterocycles. The number of rotatable bonds is 37. The summed E-state index contributed by atoms with van der Waals surface area (Å²) in [5.74, 6) is 13.1. The molecule has 0 bridgehead atoms. The fraction of sp³-hybridized carbons (Fsp3) is 0.308. The summed E-state index contributed by atoms with van der Waals surface area (Å²) in [7, 11) is 0. The number of phenolic OH excluding ortho intramolecular Hbond substituents is 2. The number of aromatic nitrogens is 4.